The molecule has 150 valence electrons. The van der Waals surface area contributed by atoms with Crippen molar-refractivity contribution in [2.45, 2.75) is 44.6 Å². The monoisotopic (exact) mass is 397 g/mol. The van der Waals surface area contributed by atoms with Gasteiger partial charge in [-0.15, -0.1) is 0 Å². The lowest BCUT2D eigenvalue weighted by Gasteiger charge is -2.18. The molecular formula is C18H27N3O5S. The summed E-state index contributed by atoms with van der Waals surface area (Å²) in [6.07, 6.45) is 1.63. The first kappa shape index (κ1) is 21.2. The average molecular weight is 397 g/mol. The molecule has 1 heterocycles. The molecule has 0 radical (unpaired) electrons. The molecule has 2 rings (SSSR count). The van der Waals surface area contributed by atoms with E-state index < -0.39 is 15.9 Å². The van der Waals surface area contributed by atoms with Crippen LogP contribution in [0.25, 0.3) is 0 Å². The molecule has 0 saturated carbocycles. The molecule has 0 unspecified atom stereocenters. The summed E-state index contributed by atoms with van der Waals surface area (Å²) < 4.78 is 32.1. The first-order chi connectivity index (χ1) is 12.6. The molecule has 0 aliphatic carbocycles. The SMILES string of the molecule is CC(C)[C@H](C)NC(=O)COc1ccc(S(=O)(=O)N2CCCC2)cc1C(N)=O. The Morgan fingerprint density at radius 3 is 2.41 bits per heavy atom. The molecule has 1 aliphatic heterocycles. The van der Waals surface area contributed by atoms with Crippen LogP contribution < -0.4 is 15.8 Å². The Balaban J connectivity index is 2.16. The smallest absolute Gasteiger partial charge is 0.258 e. The zero-order chi connectivity index (χ0) is 20.2. The van der Waals surface area contributed by atoms with E-state index in [9.17, 15) is 18.0 Å². The minimum atomic E-state index is -3.68. The second-order valence-corrected chi connectivity index (χ2v) is 8.96. The van der Waals surface area contributed by atoms with Crippen LogP contribution in [-0.4, -0.2) is 50.3 Å². The number of sulfonamides is 1. The van der Waals surface area contributed by atoms with Crippen molar-refractivity contribution in [2.24, 2.45) is 11.7 Å². The highest BCUT2D eigenvalue weighted by molar-refractivity contribution is 7.89. The highest BCUT2D eigenvalue weighted by Crippen LogP contribution is 2.26. The first-order valence-corrected chi connectivity index (χ1v) is 10.4. The molecule has 1 aliphatic rings. The molecule has 0 aromatic heterocycles. The summed E-state index contributed by atoms with van der Waals surface area (Å²) in [5.41, 5.74) is 5.31. The Morgan fingerprint density at radius 2 is 1.85 bits per heavy atom. The highest BCUT2D eigenvalue weighted by Gasteiger charge is 2.28. The van der Waals surface area contributed by atoms with E-state index >= 15 is 0 Å². The number of carbonyl (C=O) groups is 2. The molecular weight excluding hydrogens is 370 g/mol. The van der Waals surface area contributed by atoms with Gasteiger partial charge < -0.3 is 15.8 Å². The number of amides is 2. The highest BCUT2D eigenvalue weighted by atomic mass is 32.2. The van der Waals surface area contributed by atoms with E-state index in [1.807, 2.05) is 20.8 Å². The third-order valence-corrected chi connectivity index (χ3v) is 6.56. The molecule has 1 aromatic rings. The first-order valence-electron chi connectivity index (χ1n) is 8.99. The predicted octanol–water partition coefficient (Wildman–Crippen LogP) is 1.11. The fourth-order valence-electron chi connectivity index (χ4n) is 2.67. The van der Waals surface area contributed by atoms with Crippen LogP contribution in [0.2, 0.25) is 0 Å². The van der Waals surface area contributed by atoms with E-state index in [0.717, 1.165) is 12.8 Å². The number of primary amides is 1. The van der Waals surface area contributed by atoms with Crippen LogP contribution in [0.5, 0.6) is 5.75 Å². The summed E-state index contributed by atoms with van der Waals surface area (Å²) in [5, 5.41) is 2.79. The summed E-state index contributed by atoms with van der Waals surface area (Å²) in [5.74, 6) is -0.805. The van der Waals surface area contributed by atoms with E-state index in [2.05, 4.69) is 5.32 Å². The van der Waals surface area contributed by atoms with Gasteiger partial charge in [-0.1, -0.05) is 13.8 Å². The van der Waals surface area contributed by atoms with Gasteiger partial charge in [-0.05, 0) is 43.9 Å². The van der Waals surface area contributed by atoms with Crippen LogP contribution >= 0.6 is 0 Å². The van der Waals surface area contributed by atoms with Gasteiger partial charge in [0.1, 0.15) is 5.75 Å². The van der Waals surface area contributed by atoms with E-state index in [4.69, 9.17) is 10.5 Å². The van der Waals surface area contributed by atoms with Crippen LogP contribution in [0, 0.1) is 5.92 Å². The maximum atomic E-state index is 12.6. The van der Waals surface area contributed by atoms with Gasteiger partial charge in [0, 0.05) is 19.1 Å². The Morgan fingerprint density at radius 1 is 1.22 bits per heavy atom. The van der Waals surface area contributed by atoms with Gasteiger partial charge in [0.05, 0.1) is 10.5 Å². The molecule has 1 aromatic carbocycles. The van der Waals surface area contributed by atoms with Crippen molar-refractivity contribution in [2.75, 3.05) is 19.7 Å². The van der Waals surface area contributed by atoms with Crippen LogP contribution in [0.4, 0.5) is 0 Å². The van der Waals surface area contributed by atoms with Crippen molar-refractivity contribution in [1.82, 2.24) is 9.62 Å². The third kappa shape index (κ3) is 5.20. The molecule has 27 heavy (non-hydrogen) atoms. The zero-order valence-electron chi connectivity index (χ0n) is 15.9. The van der Waals surface area contributed by atoms with E-state index in [1.54, 1.807) is 0 Å². The maximum Gasteiger partial charge on any atom is 0.258 e. The van der Waals surface area contributed by atoms with Gasteiger partial charge in [0.25, 0.3) is 11.8 Å². The van der Waals surface area contributed by atoms with Crippen molar-refractivity contribution in [3.05, 3.63) is 23.8 Å². The zero-order valence-corrected chi connectivity index (χ0v) is 16.7. The number of hydrogen-bond acceptors (Lipinski definition) is 5. The number of ether oxygens (including phenoxy) is 1. The Bertz CT molecular complexity index is 801. The van der Waals surface area contributed by atoms with Crippen molar-refractivity contribution >= 4 is 21.8 Å². The Kier molecular flexibility index (Phi) is 6.83. The molecule has 0 bridgehead atoms. The lowest BCUT2D eigenvalue weighted by molar-refractivity contribution is -0.124. The van der Waals surface area contributed by atoms with E-state index in [0.29, 0.717) is 13.1 Å². The molecule has 1 saturated heterocycles. The fourth-order valence-corrected chi connectivity index (χ4v) is 4.21. The van der Waals surface area contributed by atoms with Gasteiger partial charge in [0.15, 0.2) is 6.61 Å². The molecule has 1 atom stereocenters. The Hall–Kier alpha value is -2.13. The van der Waals surface area contributed by atoms with Gasteiger partial charge in [0.2, 0.25) is 10.0 Å². The standard InChI is InChI=1S/C18H27N3O5S/c1-12(2)13(3)20-17(22)11-26-16-7-6-14(10-15(16)18(19)23)27(24,25)21-8-4-5-9-21/h6-7,10,12-13H,4-5,8-9,11H2,1-3H3,(H2,19,23)(H,20,22)/t13-/m0/s1. The number of nitrogens with two attached hydrogens (primary N) is 1. The van der Waals surface area contributed by atoms with Crippen molar-refractivity contribution in [1.29, 1.82) is 0 Å². The third-order valence-electron chi connectivity index (χ3n) is 4.67. The number of carbonyl (C=O) groups excluding carboxylic acids is 2. The van der Waals surface area contributed by atoms with Crippen LogP contribution in [0.3, 0.4) is 0 Å². The van der Waals surface area contributed by atoms with Gasteiger partial charge in [-0.2, -0.15) is 4.31 Å². The van der Waals surface area contributed by atoms with Crippen molar-refractivity contribution in [3.8, 4) is 5.75 Å². The van der Waals surface area contributed by atoms with Gasteiger partial charge in [-0.3, -0.25) is 9.59 Å². The summed E-state index contributed by atoms with van der Waals surface area (Å²) >= 11 is 0. The van der Waals surface area contributed by atoms with Crippen molar-refractivity contribution in [3.63, 3.8) is 0 Å². The number of rotatable bonds is 8. The van der Waals surface area contributed by atoms with Crippen molar-refractivity contribution < 1.29 is 22.7 Å². The average Bonchev–Trinajstić information content (AvgIpc) is 3.15. The summed E-state index contributed by atoms with van der Waals surface area (Å²) in [6, 6.07) is 3.91. The minimum Gasteiger partial charge on any atom is -0.483 e. The molecule has 1 fully saturated rings. The normalized spacial score (nSPS) is 16.3. The van der Waals surface area contributed by atoms with Crippen LogP contribution in [-0.2, 0) is 14.8 Å². The summed E-state index contributed by atoms with van der Waals surface area (Å²) in [6.45, 7) is 6.47. The maximum absolute atomic E-state index is 12.6. The lowest BCUT2D eigenvalue weighted by atomic mass is 10.1. The molecule has 3 N–H and O–H groups in total. The Labute approximate surface area is 160 Å². The van der Waals surface area contributed by atoms with Crippen LogP contribution in [0.15, 0.2) is 23.1 Å². The molecule has 2 amide bonds. The fraction of sp³-hybridized carbons (Fsp3) is 0.556. The quantitative estimate of drug-likeness (QED) is 0.681. The number of hydrogen-bond donors (Lipinski definition) is 2. The predicted molar refractivity (Wildman–Crippen MR) is 101 cm³/mol. The summed E-state index contributed by atoms with van der Waals surface area (Å²) in [4.78, 5) is 23.7. The summed E-state index contributed by atoms with van der Waals surface area (Å²) in [7, 11) is -3.68. The number of nitrogens with zero attached hydrogens (tertiary/aromatic N) is 1. The molecule has 9 heteroatoms. The molecule has 8 nitrogen and oxygen atoms in total. The minimum absolute atomic E-state index is 0.0107. The second kappa shape index (κ2) is 8.71. The van der Waals surface area contributed by atoms with Gasteiger partial charge >= 0.3 is 0 Å². The molecule has 0 spiro atoms. The number of benzene rings is 1. The van der Waals surface area contributed by atoms with Crippen LogP contribution in [0.1, 0.15) is 44.0 Å². The second-order valence-electron chi connectivity index (χ2n) is 7.02. The lowest BCUT2D eigenvalue weighted by Crippen LogP contribution is -2.39. The van der Waals surface area contributed by atoms with E-state index in [-0.39, 0.29) is 40.7 Å². The van der Waals surface area contributed by atoms with Gasteiger partial charge in [-0.25, -0.2) is 8.42 Å². The largest absolute Gasteiger partial charge is 0.483 e. The number of nitrogens with one attached hydrogen (secondary N) is 1. The van der Waals surface area contributed by atoms with E-state index in [1.165, 1.54) is 22.5 Å². The topological polar surface area (TPSA) is 119 Å².